The maximum absolute atomic E-state index is 6.17. The summed E-state index contributed by atoms with van der Waals surface area (Å²) in [6.45, 7) is 2.18. The lowest BCUT2D eigenvalue weighted by molar-refractivity contribution is 0.357. The fourth-order valence-electron chi connectivity index (χ4n) is 1.89. The van der Waals surface area contributed by atoms with Gasteiger partial charge in [0.05, 0.1) is 13.2 Å². The van der Waals surface area contributed by atoms with E-state index < -0.39 is 0 Å². The normalized spacial score (nSPS) is 19.7. The van der Waals surface area contributed by atoms with Crippen molar-refractivity contribution in [1.29, 1.82) is 0 Å². The monoisotopic (exact) mass is 207 g/mol. The number of hydrogen-bond donors (Lipinski definition) is 1. The molecule has 0 aliphatic heterocycles. The number of hydrogen-bond acceptors (Lipinski definition) is 4. The fourth-order valence-corrected chi connectivity index (χ4v) is 1.89. The summed E-state index contributed by atoms with van der Waals surface area (Å²) in [4.78, 5) is 8.38. The average molecular weight is 207 g/mol. The Morgan fingerprint density at radius 1 is 1.40 bits per heavy atom. The quantitative estimate of drug-likeness (QED) is 0.813. The van der Waals surface area contributed by atoms with Gasteiger partial charge in [0.15, 0.2) is 0 Å². The Labute approximate surface area is 89.9 Å². The van der Waals surface area contributed by atoms with Gasteiger partial charge in [-0.3, -0.25) is 4.98 Å². The minimum absolute atomic E-state index is 0.0684. The summed E-state index contributed by atoms with van der Waals surface area (Å²) in [5.74, 6) is 1.76. The van der Waals surface area contributed by atoms with E-state index in [1.165, 1.54) is 12.8 Å². The van der Waals surface area contributed by atoms with Crippen molar-refractivity contribution in [3.63, 3.8) is 0 Å². The Morgan fingerprint density at radius 2 is 2.07 bits per heavy atom. The Kier molecular flexibility index (Phi) is 2.86. The van der Waals surface area contributed by atoms with Gasteiger partial charge in [-0.25, -0.2) is 4.98 Å². The molecule has 1 aliphatic rings. The lowest BCUT2D eigenvalue weighted by Gasteiger charge is -2.19. The highest BCUT2D eigenvalue weighted by Gasteiger charge is 2.34. The van der Waals surface area contributed by atoms with Gasteiger partial charge in [0.1, 0.15) is 5.69 Å². The third kappa shape index (κ3) is 2.09. The van der Waals surface area contributed by atoms with Gasteiger partial charge in [-0.1, -0.05) is 6.92 Å². The van der Waals surface area contributed by atoms with Crippen molar-refractivity contribution in [2.45, 2.75) is 25.8 Å². The molecule has 4 nitrogen and oxygen atoms in total. The number of rotatable bonds is 4. The van der Waals surface area contributed by atoms with Gasteiger partial charge in [-0.2, -0.15) is 0 Å². The van der Waals surface area contributed by atoms with Crippen molar-refractivity contribution in [3.8, 4) is 5.88 Å². The molecule has 1 fully saturated rings. The molecule has 0 aromatic carbocycles. The van der Waals surface area contributed by atoms with Crippen molar-refractivity contribution in [2.24, 2.45) is 17.6 Å². The van der Waals surface area contributed by atoms with Crippen LogP contribution < -0.4 is 10.5 Å². The molecule has 82 valence electrons. The van der Waals surface area contributed by atoms with E-state index in [0.717, 1.165) is 11.6 Å². The number of methoxy groups -OCH3 is 1. The van der Waals surface area contributed by atoms with Gasteiger partial charge in [-0.05, 0) is 24.7 Å². The van der Waals surface area contributed by atoms with E-state index in [4.69, 9.17) is 10.5 Å². The molecule has 0 amide bonds. The van der Waals surface area contributed by atoms with Gasteiger partial charge in [-0.15, -0.1) is 0 Å². The van der Waals surface area contributed by atoms with E-state index in [2.05, 4.69) is 16.9 Å². The van der Waals surface area contributed by atoms with Crippen LogP contribution in [0.2, 0.25) is 0 Å². The predicted octanol–water partition coefficient (Wildman–Crippen LogP) is 1.53. The minimum atomic E-state index is -0.0684. The van der Waals surface area contributed by atoms with Crippen LogP contribution in [0.1, 0.15) is 31.5 Å². The second-order valence-corrected chi connectivity index (χ2v) is 4.17. The summed E-state index contributed by atoms with van der Waals surface area (Å²) in [7, 11) is 1.60. The molecule has 1 aliphatic carbocycles. The fraction of sp³-hybridized carbons (Fsp3) is 0.636. The van der Waals surface area contributed by atoms with Crippen LogP contribution in [0.25, 0.3) is 0 Å². The zero-order chi connectivity index (χ0) is 10.8. The molecule has 2 atom stereocenters. The van der Waals surface area contributed by atoms with Gasteiger partial charge >= 0.3 is 0 Å². The molecular weight excluding hydrogens is 190 g/mol. The zero-order valence-electron chi connectivity index (χ0n) is 9.18. The Balaban J connectivity index is 2.19. The SMILES string of the molecule is COc1nccnc1C(N)C(C)C1CC1. The third-order valence-electron chi connectivity index (χ3n) is 3.13. The first-order valence-electron chi connectivity index (χ1n) is 5.34. The number of nitrogens with two attached hydrogens (primary N) is 1. The van der Waals surface area contributed by atoms with Crippen LogP contribution in [0.4, 0.5) is 0 Å². The van der Waals surface area contributed by atoms with Gasteiger partial charge in [0.25, 0.3) is 0 Å². The highest BCUT2D eigenvalue weighted by Crippen LogP contribution is 2.42. The molecule has 4 heteroatoms. The molecule has 2 unspecified atom stereocenters. The van der Waals surface area contributed by atoms with Gasteiger partial charge in [0.2, 0.25) is 5.88 Å². The standard InChI is InChI=1S/C11H17N3O/c1-7(8-3-4-8)9(12)10-11(15-2)14-6-5-13-10/h5-9H,3-4,12H2,1-2H3. The van der Waals surface area contributed by atoms with Crippen LogP contribution in [-0.4, -0.2) is 17.1 Å². The summed E-state index contributed by atoms with van der Waals surface area (Å²) < 4.78 is 5.16. The van der Waals surface area contributed by atoms with Crippen molar-refractivity contribution in [3.05, 3.63) is 18.1 Å². The second-order valence-electron chi connectivity index (χ2n) is 4.17. The summed E-state index contributed by atoms with van der Waals surface area (Å²) in [6, 6.07) is -0.0684. The lowest BCUT2D eigenvalue weighted by atomic mass is 9.95. The predicted molar refractivity (Wildman–Crippen MR) is 57.4 cm³/mol. The molecule has 1 heterocycles. The first-order chi connectivity index (χ1) is 7.24. The van der Waals surface area contributed by atoms with E-state index in [9.17, 15) is 0 Å². The van der Waals surface area contributed by atoms with Crippen LogP contribution in [0.3, 0.4) is 0 Å². The molecule has 0 spiro atoms. The second kappa shape index (κ2) is 4.14. The molecule has 1 aromatic rings. The highest BCUT2D eigenvalue weighted by molar-refractivity contribution is 5.21. The topological polar surface area (TPSA) is 61.0 Å². The molecule has 1 saturated carbocycles. The molecule has 2 N–H and O–H groups in total. The van der Waals surface area contributed by atoms with Gasteiger partial charge in [0, 0.05) is 12.4 Å². The van der Waals surface area contributed by atoms with Crippen molar-refractivity contribution in [1.82, 2.24) is 9.97 Å². The summed E-state index contributed by atoms with van der Waals surface area (Å²) >= 11 is 0. The zero-order valence-corrected chi connectivity index (χ0v) is 9.18. The summed E-state index contributed by atoms with van der Waals surface area (Å²) in [5, 5.41) is 0. The maximum atomic E-state index is 6.17. The first-order valence-corrected chi connectivity index (χ1v) is 5.34. The van der Waals surface area contributed by atoms with E-state index in [-0.39, 0.29) is 6.04 Å². The third-order valence-corrected chi connectivity index (χ3v) is 3.13. The largest absolute Gasteiger partial charge is 0.480 e. The molecule has 0 bridgehead atoms. The van der Waals surface area contributed by atoms with Crippen molar-refractivity contribution in [2.75, 3.05) is 7.11 Å². The lowest BCUT2D eigenvalue weighted by Crippen LogP contribution is -2.22. The van der Waals surface area contributed by atoms with Crippen LogP contribution in [0.5, 0.6) is 5.88 Å². The van der Waals surface area contributed by atoms with E-state index in [1.54, 1.807) is 19.5 Å². The minimum Gasteiger partial charge on any atom is -0.480 e. The van der Waals surface area contributed by atoms with Crippen molar-refractivity contribution >= 4 is 0 Å². The van der Waals surface area contributed by atoms with E-state index in [0.29, 0.717) is 11.8 Å². The van der Waals surface area contributed by atoms with E-state index in [1.807, 2.05) is 0 Å². The van der Waals surface area contributed by atoms with Crippen LogP contribution >= 0.6 is 0 Å². The van der Waals surface area contributed by atoms with E-state index >= 15 is 0 Å². The smallest absolute Gasteiger partial charge is 0.236 e. The maximum Gasteiger partial charge on any atom is 0.236 e. The molecule has 2 rings (SSSR count). The molecular formula is C11H17N3O. The van der Waals surface area contributed by atoms with Crippen LogP contribution in [0.15, 0.2) is 12.4 Å². The number of nitrogens with zero attached hydrogens (tertiary/aromatic N) is 2. The van der Waals surface area contributed by atoms with Crippen molar-refractivity contribution < 1.29 is 4.74 Å². The number of ether oxygens (including phenoxy) is 1. The number of aromatic nitrogens is 2. The highest BCUT2D eigenvalue weighted by atomic mass is 16.5. The molecule has 0 saturated heterocycles. The average Bonchev–Trinajstić information content (AvgIpc) is 3.11. The first kappa shape index (κ1) is 10.4. The Hall–Kier alpha value is -1.16. The molecule has 1 aromatic heterocycles. The molecule has 15 heavy (non-hydrogen) atoms. The summed E-state index contributed by atoms with van der Waals surface area (Å²) in [6.07, 6.45) is 5.86. The Morgan fingerprint density at radius 3 is 2.67 bits per heavy atom. The molecule has 0 radical (unpaired) electrons. The van der Waals surface area contributed by atoms with Crippen LogP contribution in [-0.2, 0) is 0 Å². The summed E-state index contributed by atoms with van der Waals surface area (Å²) in [5.41, 5.74) is 6.95. The Bertz CT molecular complexity index is 338. The van der Waals surface area contributed by atoms with Crippen LogP contribution in [0, 0.1) is 11.8 Å². The van der Waals surface area contributed by atoms with Gasteiger partial charge < -0.3 is 10.5 Å².